The molecule has 4 rings (SSSR count). The first-order chi connectivity index (χ1) is 9.43. The topological polar surface area (TPSA) is 17.3 Å². The summed E-state index contributed by atoms with van der Waals surface area (Å²) in [6, 6.07) is 20.9. The van der Waals surface area contributed by atoms with Crippen molar-refractivity contribution in [3.63, 3.8) is 0 Å². The molecule has 2 heteroatoms. The Morgan fingerprint density at radius 1 is 0.789 bits per heavy atom. The summed E-state index contributed by atoms with van der Waals surface area (Å²) in [4.78, 5) is 4.58. The Bertz CT molecular complexity index is 869. The van der Waals surface area contributed by atoms with Gasteiger partial charge in [0.15, 0.2) is 0 Å². The Labute approximate surface area is 111 Å². The van der Waals surface area contributed by atoms with Crippen LogP contribution in [0.3, 0.4) is 0 Å². The van der Waals surface area contributed by atoms with E-state index < -0.39 is 0 Å². The van der Waals surface area contributed by atoms with Gasteiger partial charge in [-0.1, -0.05) is 48.5 Å². The zero-order valence-electron chi connectivity index (χ0n) is 10.3. The third-order valence-corrected chi connectivity index (χ3v) is 3.47. The molecule has 2 aromatic carbocycles. The zero-order valence-corrected chi connectivity index (χ0v) is 10.3. The summed E-state index contributed by atoms with van der Waals surface area (Å²) < 4.78 is 2.13. The van der Waals surface area contributed by atoms with Gasteiger partial charge in [0.2, 0.25) is 0 Å². The van der Waals surface area contributed by atoms with Crippen LogP contribution in [0.5, 0.6) is 0 Å². The SMILES string of the molecule is c1ccc2c(-c3ncc4ccccn34)cccc2c1. The maximum atomic E-state index is 4.58. The van der Waals surface area contributed by atoms with E-state index in [0.717, 1.165) is 11.3 Å². The first kappa shape index (κ1) is 10.3. The van der Waals surface area contributed by atoms with Crippen molar-refractivity contribution in [1.29, 1.82) is 0 Å². The minimum atomic E-state index is 0.993. The number of rotatable bonds is 1. The van der Waals surface area contributed by atoms with Gasteiger partial charge in [0, 0.05) is 11.8 Å². The predicted molar refractivity (Wildman–Crippen MR) is 78.1 cm³/mol. The summed E-state index contributed by atoms with van der Waals surface area (Å²) in [6.45, 7) is 0. The molecular weight excluding hydrogens is 232 g/mol. The van der Waals surface area contributed by atoms with Gasteiger partial charge in [-0.3, -0.25) is 4.40 Å². The summed E-state index contributed by atoms with van der Waals surface area (Å²) in [5.74, 6) is 0.993. The number of aromatic nitrogens is 2. The van der Waals surface area contributed by atoms with E-state index in [1.165, 1.54) is 16.3 Å². The largest absolute Gasteiger partial charge is 0.300 e. The van der Waals surface area contributed by atoms with Crippen molar-refractivity contribution in [2.24, 2.45) is 0 Å². The number of imidazole rings is 1. The minimum Gasteiger partial charge on any atom is -0.300 e. The lowest BCUT2D eigenvalue weighted by atomic mass is 10.0. The Hall–Kier alpha value is -2.61. The maximum absolute atomic E-state index is 4.58. The van der Waals surface area contributed by atoms with E-state index in [9.17, 15) is 0 Å². The van der Waals surface area contributed by atoms with Crippen LogP contribution < -0.4 is 0 Å². The molecule has 0 saturated heterocycles. The van der Waals surface area contributed by atoms with Crippen molar-refractivity contribution >= 4 is 16.3 Å². The fraction of sp³-hybridized carbons (Fsp3) is 0. The highest BCUT2D eigenvalue weighted by atomic mass is 15.0. The molecule has 2 heterocycles. The molecule has 0 aliphatic heterocycles. The first-order valence-electron chi connectivity index (χ1n) is 6.34. The second kappa shape index (κ2) is 3.95. The number of pyridine rings is 1. The molecule has 0 aliphatic rings. The standard InChI is InChI=1S/C17H12N2/c1-2-9-15-13(6-1)7-5-10-16(15)17-18-12-14-8-3-4-11-19(14)17/h1-12H. The molecule has 19 heavy (non-hydrogen) atoms. The van der Waals surface area contributed by atoms with E-state index in [1.54, 1.807) is 0 Å². The molecule has 0 atom stereocenters. The van der Waals surface area contributed by atoms with Crippen molar-refractivity contribution in [3.05, 3.63) is 73.1 Å². The van der Waals surface area contributed by atoms with Gasteiger partial charge >= 0.3 is 0 Å². The molecule has 0 spiro atoms. The third kappa shape index (κ3) is 1.54. The van der Waals surface area contributed by atoms with Crippen LogP contribution in [0.1, 0.15) is 0 Å². The van der Waals surface area contributed by atoms with Gasteiger partial charge < -0.3 is 0 Å². The second-order valence-corrected chi connectivity index (χ2v) is 4.60. The van der Waals surface area contributed by atoms with Gasteiger partial charge in [-0.2, -0.15) is 0 Å². The Morgan fingerprint density at radius 3 is 2.63 bits per heavy atom. The van der Waals surface area contributed by atoms with Crippen LogP contribution >= 0.6 is 0 Å². The van der Waals surface area contributed by atoms with Crippen molar-refractivity contribution in [2.75, 3.05) is 0 Å². The van der Waals surface area contributed by atoms with Gasteiger partial charge in [0.05, 0.1) is 11.7 Å². The molecule has 0 bridgehead atoms. The highest BCUT2D eigenvalue weighted by Crippen LogP contribution is 2.28. The number of hydrogen-bond acceptors (Lipinski definition) is 1. The summed E-state index contributed by atoms with van der Waals surface area (Å²) in [7, 11) is 0. The van der Waals surface area contributed by atoms with E-state index in [4.69, 9.17) is 0 Å². The van der Waals surface area contributed by atoms with Crippen LogP contribution in [-0.2, 0) is 0 Å². The van der Waals surface area contributed by atoms with Crippen LogP contribution in [0.15, 0.2) is 73.1 Å². The summed E-state index contributed by atoms with van der Waals surface area (Å²) >= 11 is 0. The molecule has 4 aromatic rings. The van der Waals surface area contributed by atoms with Crippen LogP contribution in [0.25, 0.3) is 27.7 Å². The van der Waals surface area contributed by atoms with Crippen molar-refractivity contribution < 1.29 is 0 Å². The molecule has 90 valence electrons. The highest BCUT2D eigenvalue weighted by Gasteiger charge is 2.08. The summed E-state index contributed by atoms with van der Waals surface area (Å²) in [5, 5.41) is 2.48. The van der Waals surface area contributed by atoms with Gasteiger partial charge in [-0.25, -0.2) is 4.98 Å². The second-order valence-electron chi connectivity index (χ2n) is 4.60. The van der Waals surface area contributed by atoms with Crippen molar-refractivity contribution in [3.8, 4) is 11.4 Å². The average Bonchev–Trinajstić information content (AvgIpc) is 2.90. The lowest BCUT2D eigenvalue weighted by Gasteiger charge is -2.05. The predicted octanol–water partition coefficient (Wildman–Crippen LogP) is 4.15. The minimum absolute atomic E-state index is 0.993. The molecule has 0 N–H and O–H groups in total. The van der Waals surface area contributed by atoms with Crippen LogP contribution in [0, 0.1) is 0 Å². The molecule has 0 radical (unpaired) electrons. The third-order valence-electron chi connectivity index (χ3n) is 3.47. The normalized spacial score (nSPS) is 11.2. The lowest BCUT2D eigenvalue weighted by Crippen LogP contribution is -1.89. The van der Waals surface area contributed by atoms with E-state index in [1.807, 2.05) is 18.3 Å². The number of hydrogen-bond donors (Lipinski definition) is 0. The Morgan fingerprint density at radius 2 is 1.63 bits per heavy atom. The molecule has 0 unspecified atom stereocenters. The summed E-state index contributed by atoms with van der Waals surface area (Å²) in [6.07, 6.45) is 3.97. The van der Waals surface area contributed by atoms with E-state index in [-0.39, 0.29) is 0 Å². The van der Waals surface area contributed by atoms with Crippen LogP contribution in [0.4, 0.5) is 0 Å². The van der Waals surface area contributed by atoms with E-state index in [2.05, 4.69) is 64.1 Å². The molecule has 0 amide bonds. The Balaban J connectivity index is 2.10. The fourth-order valence-corrected chi connectivity index (χ4v) is 2.56. The van der Waals surface area contributed by atoms with Gasteiger partial charge in [0.25, 0.3) is 0 Å². The first-order valence-corrected chi connectivity index (χ1v) is 6.34. The van der Waals surface area contributed by atoms with E-state index in [0.29, 0.717) is 0 Å². The van der Waals surface area contributed by atoms with Gasteiger partial charge in [-0.15, -0.1) is 0 Å². The maximum Gasteiger partial charge on any atom is 0.145 e. The highest BCUT2D eigenvalue weighted by molar-refractivity contribution is 5.95. The number of benzene rings is 2. The van der Waals surface area contributed by atoms with Crippen LogP contribution in [-0.4, -0.2) is 9.38 Å². The molecule has 2 aromatic heterocycles. The van der Waals surface area contributed by atoms with Crippen molar-refractivity contribution in [1.82, 2.24) is 9.38 Å². The van der Waals surface area contributed by atoms with Gasteiger partial charge in [-0.05, 0) is 22.9 Å². The zero-order chi connectivity index (χ0) is 12.7. The van der Waals surface area contributed by atoms with Crippen molar-refractivity contribution in [2.45, 2.75) is 0 Å². The lowest BCUT2D eigenvalue weighted by molar-refractivity contribution is 1.17. The number of nitrogens with zero attached hydrogens (tertiary/aromatic N) is 2. The molecule has 0 fully saturated rings. The monoisotopic (exact) mass is 244 g/mol. The van der Waals surface area contributed by atoms with Gasteiger partial charge in [0.1, 0.15) is 5.82 Å². The smallest absolute Gasteiger partial charge is 0.145 e. The fourth-order valence-electron chi connectivity index (χ4n) is 2.56. The molecule has 0 saturated carbocycles. The molecule has 2 nitrogen and oxygen atoms in total. The molecular formula is C17H12N2. The van der Waals surface area contributed by atoms with Crippen LogP contribution in [0.2, 0.25) is 0 Å². The van der Waals surface area contributed by atoms with E-state index >= 15 is 0 Å². The Kier molecular flexibility index (Phi) is 2.15. The average molecular weight is 244 g/mol. The molecule has 0 aliphatic carbocycles. The quantitative estimate of drug-likeness (QED) is 0.491. The summed E-state index contributed by atoms with van der Waals surface area (Å²) in [5.41, 5.74) is 2.29. The number of fused-ring (bicyclic) bond motifs is 2.